The zero-order chi connectivity index (χ0) is 14.1. The largest absolute Gasteiger partial charge is 0.480 e. The number of hydrogen-bond donors (Lipinski definition) is 6. The van der Waals surface area contributed by atoms with Gasteiger partial charge in [0.2, 0.25) is 5.91 Å². The van der Waals surface area contributed by atoms with Crippen molar-refractivity contribution in [3.05, 3.63) is 0 Å². The Balaban J connectivity index is 2.69. The predicted octanol–water partition coefficient (Wildman–Crippen LogP) is -3.82. The minimum Gasteiger partial charge on any atom is -0.480 e. The fraction of sp³-hybridized carbons (Fsp3) is 0.625. The lowest BCUT2D eigenvalue weighted by atomic mass is 10.1. The standard InChI is InChI=1S/C8H12N2O8/c9-4(11)2-1-3(5(12)13)10-8(16,17)7(15)6(14)18-7/h3,10,15-17H,1-2H2,(H2,9,11)(H,12,13). The number of hydrogen-bond acceptors (Lipinski definition) is 8. The first-order valence-electron chi connectivity index (χ1n) is 4.79. The number of primary amides is 1. The Bertz CT molecular complexity index is 395. The summed E-state index contributed by atoms with van der Waals surface area (Å²) in [6.07, 6.45) is -0.703. The van der Waals surface area contributed by atoms with Crippen LogP contribution in [0.15, 0.2) is 0 Å². The minimum absolute atomic E-state index is 0.340. The van der Waals surface area contributed by atoms with Gasteiger partial charge in [-0.25, -0.2) is 10.1 Å². The highest BCUT2D eigenvalue weighted by Gasteiger charge is 2.72. The summed E-state index contributed by atoms with van der Waals surface area (Å²) in [6.45, 7) is 0. The van der Waals surface area contributed by atoms with Crippen molar-refractivity contribution in [3.8, 4) is 0 Å². The Morgan fingerprint density at radius 3 is 2.33 bits per heavy atom. The fourth-order valence-corrected chi connectivity index (χ4v) is 1.21. The molecule has 0 aromatic rings. The Morgan fingerprint density at radius 1 is 1.50 bits per heavy atom. The molecule has 102 valence electrons. The second kappa shape index (κ2) is 4.49. The highest BCUT2D eigenvalue weighted by molar-refractivity contribution is 5.92. The predicted molar refractivity (Wildman–Crippen MR) is 51.2 cm³/mol. The van der Waals surface area contributed by atoms with Crippen LogP contribution in [-0.4, -0.2) is 56.0 Å². The molecule has 10 heteroatoms. The quantitative estimate of drug-likeness (QED) is 0.198. The van der Waals surface area contributed by atoms with Gasteiger partial charge in [-0.05, 0) is 6.42 Å². The zero-order valence-corrected chi connectivity index (χ0v) is 8.99. The van der Waals surface area contributed by atoms with Gasteiger partial charge in [-0.1, -0.05) is 0 Å². The van der Waals surface area contributed by atoms with Crippen LogP contribution in [0, 0.1) is 0 Å². The molecule has 1 aliphatic rings. The first kappa shape index (κ1) is 14.3. The first-order chi connectivity index (χ1) is 8.10. The molecule has 0 aliphatic carbocycles. The Morgan fingerprint density at radius 2 is 2.00 bits per heavy atom. The molecule has 1 fully saturated rings. The van der Waals surface area contributed by atoms with Crippen molar-refractivity contribution >= 4 is 17.8 Å². The molecule has 2 atom stereocenters. The van der Waals surface area contributed by atoms with Crippen molar-refractivity contribution in [1.29, 1.82) is 0 Å². The molecule has 0 bridgehead atoms. The zero-order valence-electron chi connectivity index (χ0n) is 8.99. The fourth-order valence-electron chi connectivity index (χ4n) is 1.21. The van der Waals surface area contributed by atoms with Gasteiger partial charge in [0, 0.05) is 6.42 Å². The maximum atomic E-state index is 10.8. The van der Waals surface area contributed by atoms with Crippen LogP contribution in [0.5, 0.6) is 0 Å². The molecule has 0 radical (unpaired) electrons. The van der Waals surface area contributed by atoms with Crippen LogP contribution in [-0.2, 0) is 19.1 Å². The third-order valence-electron chi connectivity index (χ3n) is 2.30. The average Bonchev–Trinajstić information content (AvgIpc) is 2.83. The second-order valence-corrected chi connectivity index (χ2v) is 3.75. The van der Waals surface area contributed by atoms with Gasteiger partial charge in [0.25, 0.3) is 0 Å². The smallest absolute Gasteiger partial charge is 0.390 e. The van der Waals surface area contributed by atoms with Gasteiger partial charge in [0.15, 0.2) is 0 Å². The summed E-state index contributed by atoms with van der Waals surface area (Å²) < 4.78 is 3.94. The number of carboxylic acids is 1. The monoisotopic (exact) mass is 264 g/mol. The van der Waals surface area contributed by atoms with E-state index in [1.165, 1.54) is 0 Å². The normalized spacial score (nSPS) is 24.3. The number of rotatable bonds is 7. The molecule has 0 saturated carbocycles. The molecule has 2 unspecified atom stereocenters. The number of nitrogens with one attached hydrogen (secondary N) is 1. The van der Waals surface area contributed by atoms with Crippen molar-refractivity contribution in [1.82, 2.24) is 5.32 Å². The third-order valence-corrected chi connectivity index (χ3v) is 2.30. The van der Waals surface area contributed by atoms with E-state index < -0.39 is 35.6 Å². The summed E-state index contributed by atoms with van der Waals surface area (Å²) in [4.78, 5) is 31.9. The summed E-state index contributed by atoms with van der Waals surface area (Å²) in [5.74, 6) is -9.83. The lowest BCUT2D eigenvalue weighted by molar-refractivity contribution is -0.289. The maximum absolute atomic E-state index is 10.8. The van der Waals surface area contributed by atoms with E-state index in [9.17, 15) is 29.7 Å². The number of carbonyl (C=O) groups excluding carboxylic acids is 2. The Labute approximate surface area is 100.0 Å². The number of epoxide rings is 1. The van der Waals surface area contributed by atoms with Crippen LogP contribution >= 0.6 is 0 Å². The number of aliphatic hydroxyl groups is 3. The van der Waals surface area contributed by atoms with Gasteiger partial charge in [-0.2, -0.15) is 0 Å². The van der Waals surface area contributed by atoms with Crippen molar-refractivity contribution in [2.75, 3.05) is 0 Å². The van der Waals surface area contributed by atoms with Crippen molar-refractivity contribution in [2.45, 2.75) is 30.6 Å². The molecule has 10 nitrogen and oxygen atoms in total. The lowest BCUT2D eigenvalue weighted by Crippen LogP contribution is -2.62. The van der Waals surface area contributed by atoms with E-state index in [1.807, 2.05) is 0 Å². The van der Waals surface area contributed by atoms with E-state index in [0.29, 0.717) is 0 Å². The van der Waals surface area contributed by atoms with Crippen LogP contribution < -0.4 is 11.1 Å². The topological polar surface area (TPSA) is 183 Å². The van der Waals surface area contributed by atoms with Gasteiger partial charge >= 0.3 is 23.6 Å². The molecule has 0 aromatic heterocycles. The van der Waals surface area contributed by atoms with Gasteiger partial charge in [-0.15, -0.1) is 0 Å². The SMILES string of the molecule is NC(=O)CCC(NC(O)(O)C1(O)OC1=O)C(=O)O. The van der Waals surface area contributed by atoms with E-state index in [2.05, 4.69) is 4.74 Å². The summed E-state index contributed by atoms with van der Waals surface area (Å²) in [5.41, 5.74) is 4.81. The Kier molecular flexibility index (Phi) is 3.57. The van der Waals surface area contributed by atoms with Crippen LogP contribution in [0.4, 0.5) is 0 Å². The number of ether oxygens (including phenoxy) is 1. The molecule has 0 aromatic carbocycles. The number of amides is 1. The van der Waals surface area contributed by atoms with Crippen LogP contribution in [0.1, 0.15) is 12.8 Å². The average molecular weight is 264 g/mol. The van der Waals surface area contributed by atoms with Crippen LogP contribution in [0.3, 0.4) is 0 Å². The summed E-state index contributed by atoms with van der Waals surface area (Å²) in [5, 5.41) is 38.3. The first-order valence-corrected chi connectivity index (χ1v) is 4.79. The molecule has 1 saturated heterocycles. The number of carboxylic acid groups (broad SMARTS) is 1. The van der Waals surface area contributed by atoms with Crippen molar-refractivity contribution in [2.24, 2.45) is 5.73 Å². The number of nitrogens with two attached hydrogens (primary N) is 1. The van der Waals surface area contributed by atoms with Crippen molar-refractivity contribution < 1.29 is 39.5 Å². The molecular weight excluding hydrogens is 252 g/mol. The summed E-state index contributed by atoms with van der Waals surface area (Å²) in [7, 11) is 0. The third kappa shape index (κ3) is 2.73. The van der Waals surface area contributed by atoms with Gasteiger partial charge in [0.05, 0.1) is 0 Å². The molecule has 0 spiro atoms. The van der Waals surface area contributed by atoms with E-state index >= 15 is 0 Å². The molecule has 1 amide bonds. The number of cyclic esters (lactones) is 1. The molecule has 1 rings (SSSR count). The van der Waals surface area contributed by atoms with Gasteiger partial charge < -0.3 is 30.9 Å². The van der Waals surface area contributed by atoms with Crippen LogP contribution in [0.25, 0.3) is 0 Å². The number of aliphatic carboxylic acids is 1. The van der Waals surface area contributed by atoms with Crippen LogP contribution in [0.2, 0.25) is 0 Å². The lowest BCUT2D eigenvalue weighted by Gasteiger charge is -2.26. The van der Waals surface area contributed by atoms with E-state index in [4.69, 9.17) is 10.8 Å². The second-order valence-electron chi connectivity index (χ2n) is 3.75. The molecule has 1 heterocycles. The summed E-state index contributed by atoms with van der Waals surface area (Å²) >= 11 is 0. The maximum Gasteiger partial charge on any atom is 0.390 e. The molecule has 18 heavy (non-hydrogen) atoms. The van der Waals surface area contributed by atoms with E-state index in [1.54, 1.807) is 5.32 Å². The van der Waals surface area contributed by atoms with Gasteiger partial charge in [-0.3, -0.25) is 9.59 Å². The molecule has 1 aliphatic heterocycles. The Hall–Kier alpha value is -1.75. The van der Waals surface area contributed by atoms with E-state index in [0.717, 1.165) is 0 Å². The molecular formula is C8H12N2O8. The summed E-state index contributed by atoms with van der Waals surface area (Å²) in [6, 6.07) is -1.62. The highest BCUT2D eigenvalue weighted by Crippen LogP contribution is 2.34. The molecule has 7 N–H and O–H groups in total. The minimum atomic E-state index is -3.29. The van der Waals surface area contributed by atoms with Crippen molar-refractivity contribution in [3.63, 3.8) is 0 Å². The van der Waals surface area contributed by atoms with E-state index in [-0.39, 0.29) is 12.8 Å². The highest BCUT2D eigenvalue weighted by atomic mass is 16.8. The van der Waals surface area contributed by atoms with Gasteiger partial charge in [0.1, 0.15) is 6.04 Å². The number of carbonyl (C=O) groups is 3.